The number of ether oxygens (including phenoxy) is 2. The number of carbonyl (C=O) groups excluding carboxylic acids is 1. The Morgan fingerprint density at radius 3 is 2.86 bits per heavy atom. The van der Waals surface area contributed by atoms with Crippen LogP contribution >= 0.6 is 0 Å². The number of hydrogen-bond donors (Lipinski definition) is 2. The van der Waals surface area contributed by atoms with E-state index in [1.165, 1.54) is 0 Å². The van der Waals surface area contributed by atoms with Gasteiger partial charge in [0.25, 0.3) is 5.91 Å². The molecule has 0 saturated heterocycles. The molecule has 2 heterocycles. The molecule has 29 heavy (non-hydrogen) atoms. The monoisotopic (exact) mass is 391 g/mol. The van der Waals surface area contributed by atoms with E-state index in [9.17, 15) is 4.79 Å². The lowest BCUT2D eigenvalue weighted by molar-refractivity contribution is 0.0954. The SMILES string of the molecule is COCCn1ccc2ccc(C(=O)NCCc3c[nH]c4ccc(OC)cc34)cc21. The van der Waals surface area contributed by atoms with Crippen molar-refractivity contribution in [1.29, 1.82) is 0 Å². The molecule has 0 unspecified atom stereocenters. The average molecular weight is 391 g/mol. The van der Waals surface area contributed by atoms with Gasteiger partial charge in [-0.25, -0.2) is 0 Å². The van der Waals surface area contributed by atoms with Crippen LogP contribution in [0.2, 0.25) is 0 Å². The number of amides is 1. The summed E-state index contributed by atoms with van der Waals surface area (Å²) in [5.41, 5.74) is 3.92. The van der Waals surface area contributed by atoms with Crippen molar-refractivity contribution in [1.82, 2.24) is 14.9 Å². The van der Waals surface area contributed by atoms with Gasteiger partial charge in [-0.2, -0.15) is 0 Å². The minimum absolute atomic E-state index is 0.0659. The van der Waals surface area contributed by atoms with Crippen LogP contribution in [0.3, 0.4) is 0 Å². The zero-order valence-corrected chi connectivity index (χ0v) is 16.7. The quantitative estimate of drug-likeness (QED) is 0.481. The second-order valence-electron chi connectivity index (χ2n) is 7.01. The maximum Gasteiger partial charge on any atom is 0.251 e. The van der Waals surface area contributed by atoms with Gasteiger partial charge < -0.3 is 24.3 Å². The smallest absolute Gasteiger partial charge is 0.251 e. The van der Waals surface area contributed by atoms with Crippen LogP contribution in [0.4, 0.5) is 0 Å². The molecule has 4 rings (SSSR count). The minimum Gasteiger partial charge on any atom is -0.497 e. The Labute approximate surface area is 169 Å². The fraction of sp³-hybridized carbons (Fsp3) is 0.261. The number of rotatable bonds is 8. The van der Waals surface area contributed by atoms with E-state index in [0.29, 0.717) is 18.7 Å². The van der Waals surface area contributed by atoms with E-state index < -0.39 is 0 Å². The topological polar surface area (TPSA) is 68.3 Å². The van der Waals surface area contributed by atoms with Gasteiger partial charge in [-0.1, -0.05) is 6.07 Å². The highest BCUT2D eigenvalue weighted by Gasteiger charge is 2.10. The van der Waals surface area contributed by atoms with E-state index in [0.717, 1.165) is 46.1 Å². The van der Waals surface area contributed by atoms with Crippen molar-refractivity contribution in [3.8, 4) is 5.75 Å². The fourth-order valence-electron chi connectivity index (χ4n) is 3.61. The Kier molecular flexibility index (Phi) is 5.53. The van der Waals surface area contributed by atoms with Crippen LogP contribution in [0, 0.1) is 0 Å². The minimum atomic E-state index is -0.0659. The Balaban J connectivity index is 1.43. The number of aromatic nitrogens is 2. The number of H-pyrrole nitrogens is 1. The third-order valence-corrected chi connectivity index (χ3v) is 5.23. The molecule has 0 aliphatic rings. The van der Waals surface area contributed by atoms with Crippen molar-refractivity contribution in [3.63, 3.8) is 0 Å². The molecule has 0 radical (unpaired) electrons. The summed E-state index contributed by atoms with van der Waals surface area (Å²) in [6, 6.07) is 13.8. The summed E-state index contributed by atoms with van der Waals surface area (Å²) in [7, 11) is 3.35. The molecule has 0 bridgehead atoms. The Morgan fingerprint density at radius 2 is 2.03 bits per heavy atom. The molecule has 0 atom stereocenters. The first-order valence-corrected chi connectivity index (χ1v) is 9.69. The Morgan fingerprint density at radius 1 is 1.14 bits per heavy atom. The maximum atomic E-state index is 12.7. The van der Waals surface area contributed by atoms with Gasteiger partial charge >= 0.3 is 0 Å². The molecule has 150 valence electrons. The zero-order chi connectivity index (χ0) is 20.2. The van der Waals surface area contributed by atoms with Crippen LogP contribution in [0.5, 0.6) is 5.75 Å². The third kappa shape index (κ3) is 3.98. The van der Waals surface area contributed by atoms with E-state index in [1.54, 1.807) is 14.2 Å². The highest BCUT2D eigenvalue weighted by molar-refractivity contribution is 5.98. The number of fused-ring (bicyclic) bond motifs is 2. The van der Waals surface area contributed by atoms with Crippen LogP contribution in [0.15, 0.2) is 54.9 Å². The van der Waals surface area contributed by atoms with Crippen molar-refractivity contribution in [2.24, 2.45) is 0 Å². The van der Waals surface area contributed by atoms with Crippen LogP contribution in [-0.4, -0.2) is 42.8 Å². The van der Waals surface area contributed by atoms with E-state index in [4.69, 9.17) is 9.47 Å². The number of nitrogens with one attached hydrogen (secondary N) is 2. The highest BCUT2D eigenvalue weighted by Crippen LogP contribution is 2.24. The van der Waals surface area contributed by atoms with Gasteiger partial charge in [0.15, 0.2) is 0 Å². The molecule has 2 aromatic carbocycles. The lowest BCUT2D eigenvalue weighted by Crippen LogP contribution is -2.25. The van der Waals surface area contributed by atoms with E-state index in [2.05, 4.69) is 20.9 Å². The predicted molar refractivity (Wildman–Crippen MR) is 115 cm³/mol. The van der Waals surface area contributed by atoms with Crippen molar-refractivity contribution in [2.45, 2.75) is 13.0 Å². The molecule has 0 fully saturated rings. The van der Waals surface area contributed by atoms with E-state index in [1.807, 2.05) is 48.8 Å². The molecular weight excluding hydrogens is 366 g/mol. The van der Waals surface area contributed by atoms with Gasteiger partial charge in [-0.15, -0.1) is 0 Å². The maximum absolute atomic E-state index is 12.7. The molecule has 2 aromatic heterocycles. The first kappa shape index (κ1) is 19.1. The largest absolute Gasteiger partial charge is 0.497 e. The molecule has 0 saturated carbocycles. The fourth-order valence-corrected chi connectivity index (χ4v) is 3.61. The summed E-state index contributed by atoms with van der Waals surface area (Å²) in [4.78, 5) is 15.9. The van der Waals surface area contributed by atoms with Gasteiger partial charge in [-0.05, 0) is 53.8 Å². The van der Waals surface area contributed by atoms with Gasteiger partial charge in [0.1, 0.15) is 5.75 Å². The first-order chi connectivity index (χ1) is 14.2. The van der Waals surface area contributed by atoms with Gasteiger partial charge in [0.2, 0.25) is 0 Å². The molecule has 4 aromatic rings. The summed E-state index contributed by atoms with van der Waals surface area (Å²) in [5.74, 6) is 0.760. The molecule has 2 N–H and O–H groups in total. The highest BCUT2D eigenvalue weighted by atomic mass is 16.5. The van der Waals surface area contributed by atoms with Crippen molar-refractivity contribution in [2.75, 3.05) is 27.4 Å². The molecule has 0 spiro atoms. The summed E-state index contributed by atoms with van der Waals surface area (Å²) in [5, 5.41) is 5.27. The first-order valence-electron chi connectivity index (χ1n) is 9.69. The summed E-state index contributed by atoms with van der Waals surface area (Å²) in [6.45, 7) is 1.95. The number of hydrogen-bond acceptors (Lipinski definition) is 3. The zero-order valence-electron chi connectivity index (χ0n) is 16.7. The number of carbonyl (C=O) groups is 1. The number of nitrogens with zero attached hydrogens (tertiary/aromatic N) is 1. The summed E-state index contributed by atoms with van der Waals surface area (Å²) in [6.07, 6.45) is 4.76. The number of methoxy groups -OCH3 is 2. The molecule has 6 heteroatoms. The molecule has 0 aliphatic carbocycles. The Bertz CT molecular complexity index is 1140. The van der Waals surface area contributed by atoms with E-state index >= 15 is 0 Å². The van der Waals surface area contributed by atoms with Gasteiger partial charge in [-0.3, -0.25) is 4.79 Å². The predicted octanol–water partition coefficient (Wildman–Crippen LogP) is 3.75. The Hall–Kier alpha value is -3.25. The van der Waals surface area contributed by atoms with Gasteiger partial charge in [0, 0.05) is 54.6 Å². The molecule has 0 aliphatic heterocycles. The van der Waals surface area contributed by atoms with Crippen LogP contribution in [-0.2, 0) is 17.7 Å². The summed E-state index contributed by atoms with van der Waals surface area (Å²) >= 11 is 0. The molecule has 6 nitrogen and oxygen atoms in total. The number of aromatic amines is 1. The third-order valence-electron chi connectivity index (χ3n) is 5.23. The average Bonchev–Trinajstić information content (AvgIpc) is 3.35. The van der Waals surface area contributed by atoms with Gasteiger partial charge in [0.05, 0.1) is 13.7 Å². The lowest BCUT2D eigenvalue weighted by atomic mass is 10.1. The van der Waals surface area contributed by atoms with Crippen LogP contribution in [0.1, 0.15) is 15.9 Å². The second-order valence-corrected chi connectivity index (χ2v) is 7.01. The van der Waals surface area contributed by atoms with Crippen molar-refractivity contribution >= 4 is 27.7 Å². The van der Waals surface area contributed by atoms with Crippen molar-refractivity contribution in [3.05, 3.63) is 66.0 Å². The summed E-state index contributed by atoms with van der Waals surface area (Å²) < 4.78 is 12.6. The number of benzene rings is 2. The normalized spacial score (nSPS) is 11.2. The molecule has 1 amide bonds. The van der Waals surface area contributed by atoms with E-state index in [-0.39, 0.29) is 5.91 Å². The molecular formula is C23H25N3O3. The van der Waals surface area contributed by atoms with Crippen molar-refractivity contribution < 1.29 is 14.3 Å². The lowest BCUT2D eigenvalue weighted by Gasteiger charge is -2.08. The standard InChI is InChI=1S/C23H25N3O3/c1-28-12-11-26-10-8-16-3-4-17(13-22(16)26)23(27)24-9-7-18-15-25-21-6-5-19(29-2)14-20(18)21/h3-6,8,10,13-15,25H,7,9,11-12H2,1-2H3,(H,24,27). The van der Waals surface area contributed by atoms with Crippen LogP contribution in [0.25, 0.3) is 21.8 Å². The van der Waals surface area contributed by atoms with Crippen LogP contribution < -0.4 is 10.1 Å². The second kappa shape index (κ2) is 8.41.